The van der Waals surface area contributed by atoms with E-state index in [2.05, 4.69) is 40.0 Å². The van der Waals surface area contributed by atoms with E-state index in [0.717, 1.165) is 42.3 Å². The largest absolute Gasteiger partial charge is 0.473 e. The molecule has 3 aromatic rings. The molecule has 1 aliphatic heterocycles. The molecular formula is C18H20N4OS. The third-order valence-electron chi connectivity index (χ3n) is 4.34. The number of piperidine rings is 1. The van der Waals surface area contributed by atoms with Crippen LogP contribution in [0.1, 0.15) is 24.1 Å². The van der Waals surface area contributed by atoms with Crippen LogP contribution in [0.2, 0.25) is 0 Å². The van der Waals surface area contributed by atoms with Gasteiger partial charge < -0.3 is 9.64 Å². The molecule has 1 aliphatic rings. The highest BCUT2D eigenvalue weighted by molar-refractivity contribution is 7.22. The molecule has 0 aliphatic carbocycles. The van der Waals surface area contributed by atoms with Crippen LogP contribution in [0.4, 0.5) is 5.13 Å². The van der Waals surface area contributed by atoms with Gasteiger partial charge in [-0.25, -0.2) is 9.97 Å². The van der Waals surface area contributed by atoms with Gasteiger partial charge in [0.05, 0.1) is 22.1 Å². The van der Waals surface area contributed by atoms with Crippen molar-refractivity contribution < 1.29 is 4.74 Å². The summed E-state index contributed by atoms with van der Waals surface area (Å²) in [6.07, 6.45) is 5.59. The Kier molecular flexibility index (Phi) is 4.06. The molecule has 0 amide bonds. The molecule has 0 atom stereocenters. The summed E-state index contributed by atoms with van der Waals surface area (Å²) in [5.74, 6) is 0.629. The van der Waals surface area contributed by atoms with Gasteiger partial charge in [-0.1, -0.05) is 23.5 Å². The van der Waals surface area contributed by atoms with Crippen LogP contribution < -0.4 is 9.64 Å². The Morgan fingerprint density at radius 3 is 2.71 bits per heavy atom. The second-order valence-corrected chi connectivity index (χ2v) is 7.23. The lowest BCUT2D eigenvalue weighted by molar-refractivity contribution is 0.163. The second kappa shape index (κ2) is 6.36. The Labute approximate surface area is 145 Å². The number of aryl methyl sites for hydroxylation is 2. The summed E-state index contributed by atoms with van der Waals surface area (Å²) in [5, 5.41) is 1.12. The van der Waals surface area contributed by atoms with E-state index in [-0.39, 0.29) is 6.10 Å². The van der Waals surface area contributed by atoms with Gasteiger partial charge in [-0.05, 0) is 25.5 Å². The lowest BCUT2D eigenvalue weighted by Gasteiger charge is -2.31. The smallest absolute Gasteiger partial charge is 0.232 e. The van der Waals surface area contributed by atoms with Crippen molar-refractivity contribution in [3.63, 3.8) is 0 Å². The number of hydrogen-bond acceptors (Lipinski definition) is 6. The summed E-state index contributed by atoms with van der Waals surface area (Å²) in [5.41, 5.74) is 3.26. The molecule has 5 nitrogen and oxygen atoms in total. The zero-order valence-electron chi connectivity index (χ0n) is 13.9. The van der Waals surface area contributed by atoms with Crippen LogP contribution in [-0.4, -0.2) is 34.1 Å². The molecule has 0 unspecified atom stereocenters. The summed E-state index contributed by atoms with van der Waals surface area (Å²) in [6, 6.07) is 6.37. The third-order valence-corrected chi connectivity index (χ3v) is 5.42. The van der Waals surface area contributed by atoms with Crippen molar-refractivity contribution in [2.24, 2.45) is 0 Å². The van der Waals surface area contributed by atoms with Crippen molar-refractivity contribution in [3.8, 4) is 5.88 Å². The predicted octanol–water partition coefficient (Wildman–Crippen LogP) is 3.75. The highest BCUT2D eigenvalue weighted by atomic mass is 32.1. The quantitative estimate of drug-likeness (QED) is 0.727. The minimum atomic E-state index is 0.202. The van der Waals surface area contributed by atoms with Gasteiger partial charge in [-0.15, -0.1) is 0 Å². The number of benzene rings is 1. The number of ether oxygens (including phenoxy) is 1. The van der Waals surface area contributed by atoms with Crippen LogP contribution >= 0.6 is 11.3 Å². The summed E-state index contributed by atoms with van der Waals surface area (Å²) in [7, 11) is 0. The average Bonchev–Trinajstić information content (AvgIpc) is 3.01. The number of aromatic nitrogens is 3. The zero-order valence-corrected chi connectivity index (χ0v) is 14.7. The molecule has 124 valence electrons. The predicted molar refractivity (Wildman–Crippen MR) is 97.0 cm³/mol. The van der Waals surface area contributed by atoms with E-state index in [4.69, 9.17) is 9.72 Å². The van der Waals surface area contributed by atoms with Crippen molar-refractivity contribution in [2.45, 2.75) is 32.8 Å². The molecule has 0 spiro atoms. The maximum absolute atomic E-state index is 5.98. The number of nitrogens with zero attached hydrogens (tertiary/aromatic N) is 4. The van der Waals surface area contributed by atoms with E-state index in [1.54, 1.807) is 23.7 Å². The highest BCUT2D eigenvalue weighted by Gasteiger charge is 2.23. The molecule has 1 saturated heterocycles. The minimum absolute atomic E-state index is 0.202. The maximum Gasteiger partial charge on any atom is 0.232 e. The van der Waals surface area contributed by atoms with Crippen molar-refractivity contribution in [2.75, 3.05) is 18.0 Å². The van der Waals surface area contributed by atoms with E-state index in [1.165, 1.54) is 10.3 Å². The van der Waals surface area contributed by atoms with E-state index in [9.17, 15) is 0 Å². The van der Waals surface area contributed by atoms with Gasteiger partial charge in [0.2, 0.25) is 5.88 Å². The van der Waals surface area contributed by atoms with Gasteiger partial charge in [0.1, 0.15) is 6.10 Å². The molecular weight excluding hydrogens is 320 g/mol. The molecule has 1 aromatic carbocycles. The Hall–Kier alpha value is -2.21. The van der Waals surface area contributed by atoms with Crippen LogP contribution in [0.3, 0.4) is 0 Å². The minimum Gasteiger partial charge on any atom is -0.473 e. The van der Waals surface area contributed by atoms with Crippen LogP contribution in [0.25, 0.3) is 10.2 Å². The van der Waals surface area contributed by atoms with E-state index in [0.29, 0.717) is 5.88 Å². The number of fused-ring (bicyclic) bond motifs is 1. The zero-order chi connectivity index (χ0) is 16.5. The molecule has 1 fully saturated rings. The van der Waals surface area contributed by atoms with Crippen LogP contribution in [0.15, 0.2) is 30.6 Å². The molecule has 0 N–H and O–H groups in total. The standard InChI is InChI=1S/C18H20N4OS/c1-12-4-3-5-15-17(12)21-18(24-15)22-8-6-14(7-9-22)23-16-11-19-10-13(2)20-16/h3-5,10-11,14H,6-9H2,1-2H3. The average molecular weight is 340 g/mol. The number of anilines is 1. The summed E-state index contributed by atoms with van der Waals surface area (Å²) >= 11 is 1.78. The Balaban J connectivity index is 1.42. The first-order valence-electron chi connectivity index (χ1n) is 8.25. The molecule has 24 heavy (non-hydrogen) atoms. The molecule has 4 rings (SSSR count). The number of rotatable bonds is 3. The number of hydrogen-bond donors (Lipinski definition) is 0. The molecule has 3 heterocycles. The van der Waals surface area contributed by atoms with E-state index >= 15 is 0 Å². The fraction of sp³-hybridized carbons (Fsp3) is 0.389. The summed E-state index contributed by atoms with van der Waals surface area (Å²) in [6.45, 7) is 5.97. The van der Waals surface area contributed by atoms with Gasteiger partial charge in [-0.2, -0.15) is 0 Å². The Morgan fingerprint density at radius 2 is 1.96 bits per heavy atom. The van der Waals surface area contributed by atoms with Crippen molar-refractivity contribution in [1.82, 2.24) is 15.0 Å². The third kappa shape index (κ3) is 3.06. The topological polar surface area (TPSA) is 51.1 Å². The van der Waals surface area contributed by atoms with E-state index in [1.807, 2.05) is 6.92 Å². The van der Waals surface area contributed by atoms with Gasteiger partial charge >= 0.3 is 0 Å². The van der Waals surface area contributed by atoms with Crippen molar-refractivity contribution in [3.05, 3.63) is 41.9 Å². The number of para-hydroxylation sites is 1. The Bertz CT molecular complexity index is 855. The Morgan fingerprint density at radius 1 is 1.12 bits per heavy atom. The lowest BCUT2D eigenvalue weighted by atomic mass is 10.1. The normalized spacial score (nSPS) is 15.8. The van der Waals surface area contributed by atoms with Gasteiger partial charge in [0, 0.05) is 32.1 Å². The highest BCUT2D eigenvalue weighted by Crippen LogP contribution is 2.32. The first-order valence-corrected chi connectivity index (χ1v) is 9.07. The molecule has 2 aromatic heterocycles. The monoisotopic (exact) mass is 340 g/mol. The van der Waals surface area contributed by atoms with Crippen LogP contribution in [0.5, 0.6) is 5.88 Å². The van der Waals surface area contributed by atoms with Crippen LogP contribution in [-0.2, 0) is 0 Å². The molecule has 0 bridgehead atoms. The maximum atomic E-state index is 5.98. The van der Waals surface area contributed by atoms with Crippen molar-refractivity contribution >= 4 is 26.7 Å². The molecule has 6 heteroatoms. The first-order chi connectivity index (χ1) is 11.7. The summed E-state index contributed by atoms with van der Waals surface area (Å²) < 4.78 is 7.24. The SMILES string of the molecule is Cc1cncc(OC2CCN(c3nc4c(C)cccc4s3)CC2)n1. The first kappa shape index (κ1) is 15.3. The molecule has 0 radical (unpaired) electrons. The van der Waals surface area contributed by atoms with Gasteiger partial charge in [0.15, 0.2) is 5.13 Å². The van der Waals surface area contributed by atoms with Gasteiger partial charge in [-0.3, -0.25) is 4.98 Å². The van der Waals surface area contributed by atoms with E-state index < -0.39 is 0 Å². The fourth-order valence-corrected chi connectivity index (χ4v) is 4.14. The van der Waals surface area contributed by atoms with Gasteiger partial charge in [0.25, 0.3) is 0 Å². The second-order valence-electron chi connectivity index (χ2n) is 6.22. The fourth-order valence-electron chi connectivity index (χ4n) is 3.04. The summed E-state index contributed by atoms with van der Waals surface area (Å²) in [4.78, 5) is 15.7. The van der Waals surface area contributed by atoms with Crippen LogP contribution in [0, 0.1) is 13.8 Å². The molecule has 0 saturated carbocycles. The lowest BCUT2D eigenvalue weighted by Crippen LogP contribution is -2.38. The van der Waals surface area contributed by atoms with Crippen molar-refractivity contribution in [1.29, 1.82) is 0 Å². The number of thiazole rings is 1.